The number of amides is 2. The van der Waals surface area contributed by atoms with E-state index in [4.69, 9.17) is 4.74 Å². The van der Waals surface area contributed by atoms with E-state index in [1.54, 1.807) is 0 Å². The van der Waals surface area contributed by atoms with Gasteiger partial charge in [0.25, 0.3) is 0 Å². The van der Waals surface area contributed by atoms with Crippen molar-refractivity contribution in [1.29, 1.82) is 0 Å². The van der Waals surface area contributed by atoms with Crippen LogP contribution >= 0.6 is 0 Å². The van der Waals surface area contributed by atoms with Crippen molar-refractivity contribution in [1.82, 2.24) is 5.32 Å². The summed E-state index contributed by atoms with van der Waals surface area (Å²) < 4.78 is 5.38. The highest BCUT2D eigenvalue weighted by Crippen LogP contribution is 2.44. The van der Waals surface area contributed by atoms with Gasteiger partial charge in [-0.3, -0.25) is 14.9 Å². The molecule has 2 rings (SSSR count). The number of nitrogens with one attached hydrogen (secondary N) is 1. The molecule has 2 saturated heterocycles. The number of hydrogen-bond donors (Lipinski definition) is 1. The second-order valence-electron chi connectivity index (χ2n) is 4.60. The number of carbonyl (C=O) groups excluding carboxylic acids is 2. The van der Waals surface area contributed by atoms with Gasteiger partial charge in [0.2, 0.25) is 11.8 Å². The van der Waals surface area contributed by atoms with Crippen LogP contribution in [0.5, 0.6) is 0 Å². The van der Waals surface area contributed by atoms with Crippen LogP contribution in [-0.2, 0) is 14.3 Å². The minimum absolute atomic E-state index is 0.0392. The average Bonchev–Trinajstić information content (AvgIpc) is 2.61. The van der Waals surface area contributed by atoms with Gasteiger partial charge in [0, 0.05) is 24.4 Å². The Morgan fingerprint density at radius 1 is 1.53 bits per heavy atom. The van der Waals surface area contributed by atoms with Gasteiger partial charge in [0.15, 0.2) is 0 Å². The van der Waals surface area contributed by atoms with E-state index in [2.05, 4.69) is 12.2 Å². The third kappa shape index (κ3) is 1.78. The molecule has 0 saturated carbocycles. The smallest absolute Gasteiger partial charge is 0.230 e. The van der Waals surface area contributed by atoms with Crippen molar-refractivity contribution in [2.75, 3.05) is 13.2 Å². The highest BCUT2D eigenvalue weighted by molar-refractivity contribution is 5.99. The lowest BCUT2D eigenvalue weighted by molar-refractivity contribution is -0.144. The number of ether oxygens (including phenoxy) is 1. The second kappa shape index (κ2) is 3.93. The zero-order valence-electron chi connectivity index (χ0n) is 9.04. The van der Waals surface area contributed by atoms with Crippen LogP contribution in [0.15, 0.2) is 0 Å². The number of carbonyl (C=O) groups is 2. The molecule has 4 heteroatoms. The van der Waals surface area contributed by atoms with Crippen LogP contribution in [0.25, 0.3) is 0 Å². The summed E-state index contributed by atoms with van der Waals surface area (Å²) >= 11 is 0. The van der Waals surface area contributed by atoms with Gasteiger partial charge in [-0.2, -0.15) is 0 Å². The summed E-state index contributed by atoms with van der Waals surface area (Å²) in [5, 5.41) is 2.43. The van der Waals surface area contributed by atoms with E-state index in [-0.39, 0.29) is 23.1 Å². The third-order valence-electron chi connectivity index (χ3n) is 3.54. The monoisotopic (exact) mass is 211 g/mol. The van der Waals surface area contributed by atoms with Crippen molar-refractivity contribution in [3.8, 4) is 0 Å². The van der Waals surface area contributed by atoms with Gasteiger partial charge in [-0.15, -0.1) is 0 Å². The molecule has 2 unspecified atom stereocenters. The van der Waals surface area contributed by atoms with E-state index in [1.807, 2.05) is 0 Å². The van der Waals surface area contributed by atoms with Gasteiger partial charge in [-0.05, 0) is 12.8 Å². The van der Waals surface area contributed by atoms with Crippen LogP contribution < -0.4 is 5.32 Å². The fraction of sp³-hybridized carbons (Fsp3) is 0.818. The lowest BCUT2D eigenvalue weighted by atomic mass is 9.68. The van der Waals surface area contributed by atoms with E-state index in [0.29, 0.717) is 19.6 Å². The molecule has 2 aliphatic rings. The summed E-state index contributed by atoms with van der Waals surface area (Å²) in [6, 6.07) is 0. The van der Waals surface area contributed by atoms with Gasteiger partial charge in [0.05, 0.1) is 6.61 Å². The molecule has 0 radical (unpaired) electrons. The van der Waals surface area contributed by atoms with Crippen LogP contribution in [0, 0.1) is 11.3 Å². The molecule has 15 heavy (non-hydrogen) atoms. The lowest BCUT2D eigenvalue weighted by Crippen LogP contribution is -2.52. The molecule has 4 nitrogen and oxygen atoms in total. The molecule has 0 aromatic heterocycles. The normalized spacial score (nSPS) is 35.9. The molecule has 2 heterocycles. The van der Waals surface area contributed by atoms with Crippen LogP contribution in [-0.4, -0.2) is 25.0 Å². The topological polar surface area (TPSA) is 55.4 Å². The van der Waals surface area contributed by atoms with E-state index in [0.717, 1.165) is 19.3 Å². The van der Waals surface area contributed by atoms with Crippen LogP contribution in [0.3, 0.4) is 0 Å². The van der Waals surface area contributed by atoms with Crippen molar-refractivity contribution in [3.63, 3.8) is 0 Å². The molecular formula is C11H17NO3. The van der Waals surface area contributed by atoms with Crippen molar-refractivity contribution >= 4 is 11.8 Å². The maximum Gasteiger partial charge on any atom is 0.230 e. The Balaban J connectivity index is 2.22. The predicted octanol–water partition coefficient (Wildman–Crippen LogP) is 0.856. The maximum atomic E-state index is 11.8. The highest BCUT2D eigenvalue weighted by atomic mass is 16.5. The third-order valence-corrected chi connectivity index (χ3v) is 3.54. The molecule has 84 valence electrons. The fourth-order valence-corrected chi connectivity index (χ4v) is 2.75. The van der Waals surface area contributed by atoms with Crippen molar-refractivity contribution in [3.05, 3.63) is 0 Å². The Morgan fingerprint density at radius 2 is 2.33 bits per heavy atom. The van der Waals surface area contributed by atoms with Crippen LogP contribution in [0.2, 0.25) is 0 Å². The summed E-state index contributed by atoms with van der Waals surface area (Å²) in [6.45, 7) is 3.31. The molecule has 0 aromatic rings. The lowest BCUT2D eigenvalue weighted by Gasteiger charge is -2.38. The first kappa shape index (κ1) is 10.6. The number of hydrogen-bond acceptors (Lipinski definition) is 3. The molecule has 2 fully saturated rings. The van der Waals surface area contributed by atoms with Gasteiger partial charge < -0.3 is 4.74 Å². The predicted molar refractivity (Wildman–Crippen MR) is 54.0 cm³/mol. The zero-order chi connectivity index (χ0) is 10.9. The first-order valence-electron chi connectivity index (χ1n) is 5.59. The van der Waals surface area contributed by atoms with Crippen LogP contribution in [0.4, 0.5) is 0 Å². The Morgan fingerprint density at radius 3 is 2.93 bits per heavy atom. The summed E-state index contributed by atoms with van der Waals surface area (Å²) in [7, 11) is 0. The standard InChI is InChI=1S/C11H17NO3/c1-2-3-8-10(14)12-9(13)6-11(8)4-5-15-7-11/h8H,2-7H2,1H3,(H,12,13,14). The first-order chi connectivity index (χ1) is 7.18. The largest absolute Gasteiger partial charge is 0.381 e. The Kier molecular flexibility index (Phi) is 2.78. The number of imide groups is 1. The first-order valence-corrected chi connectivity index (χ1v) is 5.59. The summed E-state index contributed by atoms with van der Waals surface area (Å²) in [4.78, 5) is 23.2. The molecule has 2 amide bonds. The number of piperidine rings is 1. The van der Waals surface area contributed by atoms with Crippen LogP contribution in [0.1, 0.15) is 32.6 Å². The van der Waals surface area contributed by atoms with E-state index >= 15 is 0 Å². The minimum Gasteiger partial charge on any atom is -0.381 e. The molecule has 1 spiro atoms. The van der Waals surface area contributed by atoms with Gasteiger partial charge >= 0.3 is 0 Å². The SMILES string of the molecule is CCCC1C(=O)NC(=O)CC12CCOC2. The maximum absolute atomic E-state index is 11.8. The molecule has 2 atom stereocenters. The molecule has 0 aromatic carbocycles. The van der Waals surface area contributed by atoms with Crippen molar-refractivity contribution < 1.29 is 14.3 Å². The Bertz CT molecular complexity index is 282. The zero-order valence-corrected chi connectivity index (χ0v) is 9.04. The highest BCUT2D eigenvalue weighted by Gasteiger charge is 2.49. The quantitative estimate of drug-likeness (QED) is 0.689. The van der Waals surface area contributed by atoms with Crippen molar-refractivity contribution in [2.24, 2.45) is 11.3 Å². The molecule has 0 aliphatic carbocycles. The van der Waals surface area contributed by atoms with E-state index in [1.165, 1.54) is 0 Å². The minimum atomic E-state index is -0.199. The Hall–Kier alpha value is -0.900. The van der Waals surface area contributed by atoms with Gasteiger partial charge in [-0.25, -0.2) is 0 Å². The summed E-state index contributed by atoms with van der Waals surface area (Å²) in [6.07, 6.45) is 3.11. The van der Waals surface area contributed by atoms with Gasteiger partial charge in [-0.1, -0.05) is 13.3 Å². The van der Waals surface area contributed by atoms with Crippen molar-refractivity contribution in [2.45, 2.75) is 32.6 Å². The molecule has 1 N–H and O–H groups in total. The molecule has 2 aliphatic heterocycles. The summed E-state index contributed by atoms with van der Waals surface area (Å²) in [5.41, 5.74) is -0.199. The summed E-state index contributed by atoms with van der Waals surface area (Å²) in [5.74, 6) is -0.279. The van der Waals surface area contributed by atoms with Gasteiger partial charge in [0.1, 0.15) is 0 Å². The average molecular weight is 211 g/mol. The Labute approximate surface area is 89.4 Å². The second-order valence-corrected chi connectivity index (χ2v) is 4.60. The van der Waals surface area contributed by atoms with E-state index < -0.39 is 0 Å². The number of rotatable bonds is 2. The molecular weight excluding hydrogens is 194 g/mol. The fourth-order valence-electron chi connectivity index (χ4n) is 2.75. The van der Waals surface area contributed by atoms with E-state index in [9.17, 15) is 9.59 Å². The molecule has 0 bridgehead atoms.